The molecule has 0 aliphatic heterocycles. The highest BCUT2D eigenvalue weighted by Crippen LogP contribution is 2.34. The van der Waals surface area contributed by atoms with Crippen LogP contribution < -0.4 is 5.32 Å². The Morgan fingerprint density at radius 2 is 2.14 bits per heavy atom. The molecule has 0 saturated carbocycles. The lowest BCUT2D eigenvalue weighted by Gasteiger charge is -2.13. The molecule has 110 valence electrons. The largest absolute Gasteiger partial charge is 0.321 e. The van der Waals surface area contributed by atoms with E-state index >= 15 is 0 Å². The van der Waals surface area contributed by atoms with Gasteiger partial charge in [-0.3, -0.25) is 0 Å². The molecule has 0 radical (unpaired) electrons. The molecule has 0 aliphatic carbocycles. The third-order valence-electron chi connectivity index (χ3n) is 3.88. The van der Waals surface area contributed by atoms with Gasteiger partial charge in [-0.25, -0.2) is 0 Å². The molecule has 1 atom stereocenters. The third kappa shape index (κ3) is 2.84. The summed E-state index contributed by atoms with van der Waals surface area (Å²) in [4.78, 5) is 1.43. The maximum absolute atomic E-state index is 4.11. The minimum Gasteiger partial charge on any atom is -0.321 e. The fourth-order valence-electron chi connectivity index (χ4n) is 2.63. The average molecular weight is 300 g/mol. The highest BCUT2D eigenvalue weighted by atomic mass is 32.1. The van der Waals surface area contributed by atoms with Crippen molar-refractivity contribution in [2.24, 2.45) is 7.05 Å². The van der Waals surface area contributed by atoms with Crippen molar-refractivity contribution in [2.45, 2.75) is 26.3 Å². The molecule has 0 spiro atoms. The second kappa shape index (κ2) is 5.95. The summed E-state index contributed by atoms with van der Waals surface area (Å²) in [6.45, 7) is 5.35. The van der Waals surface area contributed by atoms with E-state index in [4.69, 9.17) is 0 Å². The summed E-state index contributed by atoms with van der Waals surface area (Å²) in [6.07, 6.45) is 2.64. The van der Waals surface area contributed by atoms with Gasteiger partial charge in [0.05, 0.1) is 0 Å². The summed E-state index contributed by atoms with van der Waals surface area (Å²) in [5, 5.41) is 13.0. The number of hydrogen-bond acceptors (Lipinski definition) is 4. The van der Waals surface area contributed by atoms with Crippen LogP contribution in [0.3, 0.4) is 0 Å². The standard InChI is InChI=1S/C16H20N4S/c1-11-13-6-4-5-7-14(13)21-16(11)12(2)17-9-8-15-19-18-10-20(15)3/h4-7,10,12,17H,8-9H2,1-3H3. The summed E-state index contributed by atoms with van der Waals surface area (Å²) >= 11 is 1.89. The first kappa shape index (κ1) is 14.2. The van der Waals surface area contributed by atoms with Crippen LogP contribution in [0.25, 0.3) is 10.1 Å². The van der Waals surface area contributed by atoms with Gasteiger partial charge in [-0.1, -0.05) is 18.2 Å². The maximum atomic E-state index is 4.11. The first-order valence-electron chi connectivity index (χ1n) is 7.21. The van der Waals surface area contributed by atoms with Gasteiger partial charge in [0, 0.05) is 35.6 Å². The number of rotatable bonds is 5. The zero-order chi connectivity index (χ0) is 14.8. The van der Waals surface area contributed by atoms with Gasteiger partial charge in [0.25, 0.3) is 0 Å². The average Bonchev–Trinajstić information content (AvgIpc) is 3.04. The lowest BCUT2D eigenvalue weighted by Crippen LogP contribution is -2.22. The summed E-state index contributed by atoms with van der Waals surface area (Å²) in [7, 11) is 1.98. The van der Waals surface area contributed by atoms with Crippen molar-refractivity contribution in [3.8, 4) is 0 Å². The Kier molecular flexibility index (Phi) is 4.03. The molecule has 0 fully saturated rings. The Balaban J connectivity index is 1.68. The van der Waals surface area contributed by atoms with E-state index in [1.807, 2.05) is 23.0 Å². The second-order valence-electron chi connectivity index (χ2n) is 5.37. The zero-order valence-corrected chi connectivity index (χ0v) is 13.4. The van der Waals surface area contributed by atoms with Crippen molar-refractivity contribution in [1.29, 1.82) is 0 Å². The molecule has 4 nitrogen and oxygen atoms in total. The molecule has 0 aliphatic rings. The molecular weight excluding hydrogens is 280 g/mol. The molecule has 2 aromatic heterocycles. The molecule has 0 bridgehead atoms. The smallest absolute Gasteiger partial charge is 0.133 e. The molecule has 21 heavy (non-hydrogen) atoms. The molecule has 0 amide bonds. The van der Waals surface area contributed by atoms with E-state index in [-0.39, 0.29) is 0 Å². The SMILES string of the molecule is Cc1c(C(C)NCCc2nncn2C)sc2ccccc12. The fourth-order valence-corrected chi connectivity index (χ4v) is 3.87. The summed E-state index contributed by atoms with van der Waals surface area (Å²) in [5.41, 5.74) is 1.40. The highest BCUT2D eigenvalue weighted by Gasteiger charge is 2.14. The van der Waals surface area contributed by atoms with Crippen molar-refractivity contribution < 1.29 is 0 Å². The minimum atomic E-state index is 0.357. The van der Waals surface area contributed by atoms with Crippen molar-refractivity contribution in [3.05, 3.63) is 46.9 Å². The first-order chi connectivity index (χ1) is 10.2. The number of benzene rings is 1. The first-order valence-corrected chi connectivity index (χ1v) is 8.02. The van der Waals surface area contributed by atoms with Gasteiger partial charge >= 0.3 is 0 Å². The van der Waals surface area contributed by atoms with Gasteiger partial charge in [-0.05, 0) is 30.9 Å². The van der Waals surface area contributed by atoms with E-state index in [1.165, 1.54) is 20.5 Å². The lowest BCUT2D eigenvalue weighted by atomic mass is 10.1. The topological polar surface area (TPSA) is 42.7 Å². The highest BCUT2D eigenvalue weighted by molar-refractivity contribution is 7.19. The second-order valence-corrected chi connectivity index (χ2v) is 6.46. The minimum absolute atomic E-state index is 0.357. The molecule has 1 unspecified atom stereocenters. The number of aromatic nitrogens is 3. The van der Waals surface area contributed by atoms with E-state index in [2.05, 4.69) is 53.6 Å². The van der Waals surface area contributed by atoms with Crippen molar-refractivity contribution in [1.82, 2.24) is 20.1 Å². The normalized spacial score (nSPS) is 12.9. The van der Waals surface area contributed by atoms with E-state index in [0.29, 0.717) is 6.04 Å². The van der Waals surface area contributed by atoms with Crippen LogP contribution in [0, 0.1) is 6.92 Å². The molecule has 5 heteroatoms. The predicted octanol–water partition coefficient (Wildman–Crippen LogP) is 3.23. The van der Waals surface area contributed by atoms with Crippen LogP contribution in [0.4, 0.5) is 0 Å². The Morgan fingerprint density at radius 1 is 1.33 bits per heavy atom. The molecule has 0 saturated heterocycles. The maximum Gasteiger partial charge on any atom is 0.133 e. The van der Waals surface area contributed by atoms with Crippen molar-refractivity contribution in [2.75, 3.05) is 6.54 Å². The van der Waals surface area contributed by atoms with Crippen LogP contribution in [0.2, 0.25) is 0 Å². The molecule has 1 N–H and O–H groups in total. The van der Waals surface area contributed by atoms with Gasteiger partial charge in [-0.15, -0.1) is 21.5 Å². The van der Waals surface area contributed by atoms with Crippen LogP contribution in [-0.2, 0) is 13.5 Å². The van der Waals surface area contributed by atoms with Crippen molar-refractivity contribution >= 4 is 21.4 Å². The van der Waals surface area contributed by atoms with Gasteiger partial charge in [-0.2, -0.15) is 0 Å². The number of aryl methyl sites for hydroxylation is 2. The quantitative estimate of drug-likeness (QED) is 0.786. The van der Waals surface area contributed by atoms with Crippen LogP contribution >= 0.6 is 11.3 Å². The van der Waals surface area contributed by atoms with Gasteiger partial charge in [0.2, 0.25) is 0 Å². The van der Waals surface area contributed by atoms with Crippen LogP contribution in [0.1, 0.15) is 29.2 Å². The number of nitrogens with zero attached hydrogens (tertiary/aromatic N) is 3. The molecular formula is C16H20N4S. The number of fused-ring (bicyclic) bond motifs is 1. The van der Waals surface area contributed by atoms with E-state index in [1.54, 1.807) is 6.33 Å². The van der Waals surface area contributed by atoms with Crippen LogP contribution in [0.15, 0.2) is 30.6 Å². The number of hydrogen-bond donors (Lipinski definition) is 1. The molecule has 2 heterocycles. The molecule has 1 aromatic carbocycles. The number of thiophene rings is 1. The fraction of sp³-hybridized carbons (Fsp3) is 0.375. The summed E-state index contributed by atoms with van der Waals surface area (Å²) in [6, 6.07) is 8.97. The Bertz CT molecular complexity index is 744. The summed E-state index contributed by atoms with van der Waals surface area (Å²) in [5.74, 6) is 1.02. The van der Waals surface area contributed by atoms with E-state index in [9.17, 15) is 0 Å². The zero-order valence-electron chi connectivity index (χ0n) is 12.6. The Hall–Kier alpha value is -1.72. The van der Waals surface area contributed by atoms with E-state index in [0.717, 1.165) is 18.8 Å². The summed E-state index contributed by atoms with van der Waals surface area (Å²) < 4.78 is 3.34. The van der Waals surface area contributed by atoms with E-state index < -0.39 is 0 Å². The predicted molar refractivity (Wildman–Crippen MR) is 87.7 cm³/mol. The van der Waals surface area contributed by atoms with Gasteiger partial charge in [0.15, 0.2) is 0 Å². The Morgan fingerprint density at radius 3 is 2.86 bits per heavy atom. The third-order valence-corrected chi connectivity index (χ3v) is 5.33. The Labute approximate surface area is 128 Å². The monoisotopic (exact) mass is 300 g/mol. The van der Waals surface area contributed by atoms with Crippen LogP contribution in [0.5, 0.6) is 0 Å². The van der Waals surface area contributed by atoms with Crippen molar-refractivity contribution in [3.63, 3.8) is 0 Å². The van der Waals surface area contributed by atoms with Gasteiger partial charge in [0.1, 0.15) is 12.2 Å². The lowest BCUT2D eigenvalue weighted by molar-refractivity contribution is 0.570. The van der Waals surface area contributed by atoms with Crippen LogP contribution in [-0.4, -0.2) is 21.3 Å². The molecule has 3 rings (SSSR count). The molecule has 3 aromatic rings. The number of nitrogens with one attached hydrogen (secondary N) is 1. The van der Waals surface area contributed by atoms with Gasteiger partial charge < -0.3 is 9.88 Å².